The van der Waals surface area contributed by atoms with Crippen LogP contribution in [-0.4, -0.2) is 19.9 Å². The molecule has 0 saturated heterocycles. The topological polar surface area (TPSA) is 51.6 Å². The number of fused-ring (bicyclic) bond motifs is 6. The second-order valence-corrected chi connectivity index (χ2v) is 9.08. The van der Waals surface area contributed by atoms with Gasteiger partial charge in [0.15, 0.2) is 0 Å². The predicted octanol–water partition coefficient (Wildman–Crippen LogP) is 7.06. The molecule has 4 heteroatoms. The van der Waals surface area contributed by atoms with Crippen LogP contribution in [0.5, 0.6) is 0 Å². The van der Waals surface area contributed by atoms with E-state index in [1.807, 2.05) is 24.5 Å². The fourth-order valence-electron chi connectivity index (χ4n) is 4.73. The SMILES string of the molecule is CC(C)CC(c1ccc2ccc3cccnc3c2n1)c1ccc2ccc3cccnc3c2n1. The van der Waals surface area contributed by atoms with Crippen LogP contribution in [0.15, 0.2) is 85.2 Å². The van der Waals surface area contributed by atoms with Crippen LogP contribution in [0.4, 0.5) is 0 Å². The minimum absolute atomic E-state index is 0.0942. The number of hydrogen-bond acceptors (Lipinski definition) is 4. The van der Waals surface area contributed by atoms with E-state index in [2.05, 4.69) is 84.5 Å². The molecule has 0 saturated carbocycles. The van der Waals surface area contributed by atoms with Gasteiger partial charge in [-0.05, 0) is 36.6 Å². The Labute approximate surface area is 192 Å². The first-order chi connectivity index (χ1) is 16.2. The van der Waals surface area contributed by atoms with Crippen LogP contribution >= 0.6 is 0 Å². The van der Waals surface area contributed by atoms with Gasteiger partial charge in [-0.2, -0.15) is 0 Å². The van der Waals surface area contributed by atoms with Gasteiger partial charge in [0.25, 0.3) is 0 Å². The fourth-order valence-corrected chi connectivity index (χ4v) is 4.73. The highest BCUT2D eigenvalue weighted by Crippen LogP contribution is 2.33. The Morgan fingerprint density at radius 1 is 0.545 bits per heavy atom. The molecule has 0 atom stereocenters. The molecule has 0 fully saturated rings. The van der Waals surface area contributed by atoms with Gasteiger partial charge in [0.2, 0.25) is 0 Å². The summed E-state index contributed by atoms with van der Waals surface area (Å²) in [6, 6.07) is 25.2. The summed E-state index contributed by atoms with van der Waals surface area (Å²) in [5.74, 6) is 0.595. The maximum absolute atomic E-state index is 5.16. The molecular formula is C29H24N4. The van der Waals surface area contributed by atoms with Crippen molar-refractivity contribution in [2.45, 2.75) is 26.2 Å². The van der Waals surface area contributed by atoms with Crippen molar-refractivity contribution in [3.05, 3.63) is 96.6 Å². The van der Waals surface area contributed by atoms with Gasteiger partial charge in [0, 0.05) is 39.9 Å². The average Bonchev–Trinajstić information content (AvgIpc) is 2.86. The van der Waals surface area contributed by atoms with E-state index in [9.17, 15) is 0 Å². The molecule has 0 spiro atoms. The largest absolute Gasteiger partial charge is 0.254 e. The van der Waals surface area contributed by atoms with Crippen LogP contribution in [0.1, 0.15) is 37.6 Å². The van der Waals surface area contributed by atoms with E-state index >= 15 is 0 Å². The van der Waals surface area contributed by atoms with Crippen molar-refractivity contribution >= 4 is 43.6 Å². The summed E-state index contributed by atoms with van der Waals surface area (Å²) in [4.78, 5) is 19.6. The maximum atomic E-state index is 5.16. The van der Waals surface area contributed by atoms with Gasteiger partial charge in [0.1, 0.15) is 0 Å². The lowest BCUT2D eigenvalue weighted by Crippen LogP contribution is -2.09. The molecule has 2 aromatic carbocycles. The second-order valence-electron chi connectivity index (χ2n) is 9.08. The lowest BCUT2D eigenvalue weighted by molar-refractivity contribution is 0.529. The van der Waals surface area contributed by atoms with Crippen LogP contribution in [0.3, 0.4) is 0 Å². The molecule has 4 nitrogen and oxygen atoms in total. The Morgan fingerprint density at radius 3 is 1.42 bits per heavy atom. The number of aromatic nitrogens is 4. The van der Waals surface area contributed by atoms with Crippen LogP contribution in [0.2, 0.25) is 0 Å². The third-order valence-electron chi connectivity index (χ3n) is 6.33. The lowest BCUT2D eigenvalue weighted by Gasteiger charge is -2.19. The molecule has 0 aliphatic heterocycles. The lowest BCUT2D eigenvalue weighted by atomic mass is 9.89. The minimum Gasteiger partial charge on any atom is -0.254 e. The first kappa shape index (κ1) is 19.7. The minimum atomic E-state index is 0.0942. The van der Waals surface area contributed by atoms with E-state index in [-0.39, 0.29) is 5.92 Å². The molecule has 0 bridgehead atoms. The monoisotopic (exact) mass is 428 g/mol. The molecule has 0 aliphatic rings. The zero-order chi connectivity index (χ0) is 22.4. The van der Waals surface area contributed by atoms with Crippen molar-refractivity contribution in [2.75, 3.05) is 0 Å². The first-order valence-electron chi connectivity index (χ1n) is 11.5. The van der Waals surface area contributed by atoms with Gasteiger partial charge in [-0.3, -0.25) is 9.97 Å². The van der Waals surface area contributed by atoms with Crippen molar-refractivity contribution < 1.29 is 0 Å². The van der Waals surface area contributed by atoms with E-state index in [4.69, 9.17) is 9.97 Å². The van der Waals surface area contributed by atoms with Crippen molar-refractivity contribution in [1.82, 2.24) is 19.9 Å². The maximum Gasteiger partial charge on any atom is 0.0968 e. The number of nitrogens with zero attached hydrogens (tertiary/aromatic N) is 4. The highest BCUT2D eigenvalue weighted by molar-refractivity contribution is 6.03. The average molecular weight is 429 g/mol. The van der Waals surface area contributed by atoms with Gasteiger partial charge in [-0.15, -0.1) is 0 Å². The van der Waals surface area contributed by atoms with Gasteiger partial charge in [0.05, 0.1) is 33.5 Å². The fraction of sp³-hybridized carbons (Fsp3) is 0.172. The molecular weight excluding hydrogens is 404 g/mol. The van der Waals surface area contributed by atoms with Crippen LogP contribution in [0, 0.1) is 5.92 Å². The van der Waals surface area contributed by atoms with Crippen LogP contribution in [-0.2, 0) is 0 Å². The number of rotatable bonds is 4. The van der Waals surface area contributed by atoms with Crippen LogP contribution in [0.25, 0.3) is 43.6 Å². The van der Waals surface area contributed by atoms with E-state index in [1.54, 1.807) is 0 Å². The van der Waals surface area contributed by atoms with E-state index in [1.165, 1.54) is 0 Å². The first-order valence-corrected chi connectivity index (χ1v) is 11.5. The molecule has 0 radical (unpaired) electrons. The molecule has 6 aromatic rings. The Balaban J connectivity index is 1.56. The summed E-state index contributed by atoms with van der Waals surface area (Å²) in [6.07, 6.45) is 4.64. The van der Waals surface area contributed by atoms with Gasteiger partial charge >= 0.3 is 0 Å². The third-order valence-corrected chi connectivity index (χ3v) is 6.33. The standard InChI is InChI=1S/C29H24N4/c1-18(2)17-23(24-13-11-21-9-7-19-5-3-15-30-26(19)28(21)32-24)25-14-12-22-10-8-20-6-4-16-31-27(20)29(22)33-25/h3-16,18,23H,17H2,1-2H3. The summed E-state index contributed by atoms with van der Waals surface area (Å²) < 4.78 is 0. The molecule has 6 rings (SSSR count). The van der Waals surface area contributed by atoms with Crippen molar-refractivity contribution in [3.63, 3.8) is 0 Å². The smallest absolute Gasteiger partial charge is 0.0968 e. The molecule has 160 valence electrons. The molecule has 0 aliphatic carbocycles. The Bertz CT molecular complexity index is 1520. The Kier molecular flexibility index (Phi) is 4.72. The van der Waals surface area contributed by atoms with E-state index in [0.29, 0.717) is 5.92 Å². The zero-order valence-electron chi connectivity index (χ0n) is 18.7. The number of benzene rings is 2. The highest BCUT2D eigenvalue weighted by Gasteiger charge is 2.20. The molecule has 0 unspecified atom stereocenters. The molecule has 0 N–H and O–H groups in total. The van der Waals surface area contributed by atoms with Crippen molar-refractivity contribution in [2.24, 2.45) is 5.92 Å². The summed E-state index contributed by atoms with van der Waals surface area (Å²) in [5, 5.41) is 4.43. The molecule has 4 heterocycles. The van der Waals surface area contributed by atoms with E-state index in [0.717, 1.165) is 61.4 Å². The molecule has 33 heavy (non-hydrogen) atoms. The zero-order valence-corrected chi connectivity index (χ0v) is 18.7. The van der Waals surface area contributed by atoms with Crippen LogP contribution < -0.4 is 0 Å². The number of hydrogen-bond donors (Lipinski definition) is 0. The predicted molar refractivity (Wildman–Crippen MR) is 135 cm³/mol. The van der Waals surface area contributed by atoms with Gasteiger partial charge in [-0.25, -0.2) is 9.97 Å². The molecule has 4 aromatic heterocycles. The van der Waals surface area contributed by atoms with Crippen molar-refractivity contribution in [3.8, 4) is 0 Å². The van der Waals surface area contributed by atoms with Gasteiger partial charge in [-0.1, -0.05) is 62.4 Å². The molecule has 0 amide bonds. The van der Waals surface area contributed by atoms with Crippen molar-refractivity contribution in [1.29, 1.82) is 0 Å². The normalized spacial score (nSPS) is 12.0. The van der Waals surface area contributed by atoms with Gasteiger partial charge < -0.3 is 0 Å². The Morgan fingerprint density at radius 2 is 0.970 bits per heavy atom. The quantitative estimate of drug-likeness (QED) is 0.282. The highest BCUT2D eigenvalue weighted by atomic mass is 14.8. The third kappa shape index (κ3) is 3.48. The van der Waals surface area contributed by atoms with E-state index < -0.39 is 0 Å². The summed E-state index contributed by atoms with van der Waals surface area (Å²) in [7, 11) is 0. The Hall–Kier alpha value is -3.92. The number of pyridine rings is 4. The summed E-state index contributed by atoms with van der Waals surface area (Å²) >= 11 is 0. The summed E-state index contributed by atoms with van der Waals surface area (Å²) in [6.45, 7) is 4.51. The second kappa shape index (κ2) is 7.89. The summed E-state index contributed by atoms with van der Waals surface area (Å²) in [5.41, 5.74) is 5.87.